The fourth-order valence-corrected chi connectivity index (χ4v) is 3.40. The van der Waals surface area contributed by atoms with Gasteiger partial charge in [-0.05, 0) is 31.2 Å². The van der Waals surface area contributed by atoms with Gasteiger partial charge in [0.2, 0.25) is 0 Å². The molecule has 0 aliphatic heterocycles. The maximum absolute atomic E-state index is 9.72. The van der Waals surface area contributed by atoms with Crippen LogP contribution in [0.4, 0.5) is 0 Å². The molecule has 0 aliphatic rings. The molecule has 216 valence electrons. The number of unbranched alkanes of at least 4 members (excludes halogenated alkanes) is 8. The number of azide groups is 1. The lowest BCUT2D eigenvalue weighted by Gasteiger charge is -2.12. The minimum atomic E-state index is -0.531. The van der Waals surface area contributed by atoms with Crippen LogP contribution in [-0.2, 0) is 9.47 Å². The van der Waals surface area contributed by atoms with E-state index in [2.05, 4.69) is 23.9 Å². The van der Waals surface area contributed by atoms with E-state index in [-0.39, 0.29) is 38.1 Å². The Labute approximate surface area is 219 Å². The number of nitrogens with zero attached hydrogens (tertiary/aromatic N) is 3. The number of ether oxygens (including phenoxy) is 2. The van der Waals surface area contributed by atoms with E-state index in [4.69, 9.17) is 31.0 Å². The quantitative estimate of drug-likeness (QED) is 0.0518. The molecule has 10 heteroatoms. The molecule has 0 radical (unpaired) electrons. The standard InChI is InChI=1S/C13H27N3O3.C13H29NO3/c1-2-3-4-5-6-7-13(18)8-9-19-11-12(10-17)15-16-14;1-2-3-4-5-6-7-13(16)8-9-17-11-12(14)10-15/h12-13,17-18H,2-11H2,1H3;12-13,15-16H,2-11,14H2,1H3/t2*12-,13+/m00/s1. The highest BCUT2D eigenvalue weighted by atomic mass is 16.5. The normalized spacial score (nSPS) is 14.3. The summed E-state index contributed by atoms with van der Waals surface area (Å²) in [7, 11) is 0. The maximum atomic E-state index is 9.72. The lowest BCUT2D eigenvalue weighted by molar-refractivity contribution is 0.0620. The van der Waals surface area contributed by atoms with Crippen molar-refractivity contribution in [1.82, 2.24) is 0 Å². The summed E-state index contributed by atoms with van der Waals surface area (Å²) in [5.74, 6) is 0. The molecule has 0 rings (SSSR count). The monoisotopic (exact) mass is 520 g/mol. The topological polar surface area (TPSA) is 174 Å². The van der Waals surface area contributed by atoms with Crippen LogP contribution < -0.4 is 5.73 Å². The van der Waals surface area contributed by atoms with Crippen LogP contribution in [0.3, 0.4) is 0 Å². The van der Waals surface area contributed by atoms with Crippen molar-refractivity contribution in [2.75, 3.05) is 39.6 Å². The summed E-state index contributed by atoms with van der Waals surface area (Å²) in [5.41, 5.74) is 13.7. The Kier molecular flexibility index (Phi) is 31.2. The van der Waals surface area contributed by atoms with E-state index in [9.17, 15) is 10.2 Å². The summed E-state index contributed by atoms with van der Waals surface area (Å²) in [6, 6.07) is -0.836. The van der Waals surface area contributed by atoms with Crippen LogP contribution in [0.25, 0.3) is 10.4 Å². The second kappa shape index (κ2) is 30.3. The minimum Gasteiger partial charge on any atom is -0.396 e. The van der Waals surface area contributed by atoms with Crippen LogP contribution in [-0.4, -0.2) is 84.4 Å². The first-order chi connectivity index (χ1) is 17.4. The average Bonchev–Trinajstić information content (AvgIpc) is 2.88. The SMILES string of the molecule is CCCCCCC[C@@H](O)CCOC[C@@H](N)CO.CCCCCCC[C@@H](O)CCOC[C@H](CO)N=[N+]=[N-]. The first kappa shape index (κ1) is 37.2. The Morgan fingerprint density at radius 1 is 0.722 bits per heavy atom. The summed E-state index contributed by atoms with van der Waals surface area (Å²) in [5, 5.41) is 40.3. The van der Waals surface area contributed by atoms with Gasteiger partial charge < -0.3 is 35.6 Å². The van der Waals surface area contributed by atoms with Crippen LogP contribution >= 0.6 is 0 Å². The van der Waals surface area contributed by atoms with Gasteiger partial charge in [0.15, 0.2) is 0 Å². The maximum Gasteiger partial charge on any atom is 0.0838 e. The van der Waals surface area contributed by atoms with Crippen LogP contribution in [0, 0.1) is 0 Å². The summed E-state index contributed by atoms with van der Waals surface area (Å²) in [4.78, 5) is 2.62. The van der Waals surface area contributed by atoms with Crippen LogP contribution in [0.1, 0.15) is 104 Å². The molecule has 0 aromatic heterocycles. The zero-order chi connectivity index (χ0) is 27.3. The highest BCUT2D eigenvalue weighted by molar-refractivity contribution is 4.64. The molecule has 0 aliphatic carbocycles. The zero-order valence-corrected chi connectivity index (χ0v) is 23.0. The van der Waals surface area contributed by atoms with E-state index in [1.807, 2.05) is 0 Å². The number of hydrogen-bond donors (Lipinski definition) is 5. The number of nitrogens with two attached hydrogens (primary N) is 1. The van der Waals surface area contributed by atoms with E-state index in [1.54, 1.807) is 0 Å². The van der Waals surface area contributed by atoms with E-state index in [1.165, 1.54) is 51.4 Å². The van der Waals surface area contributed by atoms with Gasteiger partial charge in [0.25, 0.3) is 0 Å². The lowest BCUT2D eigenvalue weighted by Crippen LogP contribution is -2.30. The van der Waals surface area contributed by atoms with Crippen molar-refractivity contribution in [3.05, 3.63) is 10.4 Å². The fourth-order valence-electron chi connectivity index (χ4n) is 3.40. The Morgan fingerprint density at radius 3 is 1.61 bits per heavy atom. The average molecular weight is 521 g/mol. The lowest BCUT2D eigenvalue weighted by atomic mass is 10.1. The van der Waals surface area contributed by atoms with E-state index >= 15 is 0 Å². The predicted octanol–water partition coefficient (Wildman–Crippen LogP) is 4.22. The Bertz CT molecular complexity index is 483. The number of aliphatic hydroxyl groups is 4. The van der Waals surface area contributed by atoms with Crippen molar-refractivity contribution >= 4 is 0 Å². The highest BCUT2D eigenvalue weighted by Crippen LogP contribution is 2.10. The molecule has 0 unspecified atom stereocenters. The Hall–Kier alpha value is -0.970. The van der Waals surface area contributed by atoms with E-state index in [0.29, 0.717) is 32.7 Å². The van der Waals surface area contributed by atoms with Gasteiger partial charge in [-0.3, -0.25) is 0 Å². The molecule has 0 amide bonds. The molecular weight excluding hydrogens is 464 g/mol. The van der Waals surface area contributed by atoms with Gasteiger partial charge in [0, 0.05) is 18.1 Å². The van der Waals surface area contributed by atoms with Crippen LogP contribution in [0.5, 0.6) is 0 Å². The van der Waals surface area contributed by atoms with Crippen molar-refractivity contribution < 1.29 is 29.9 Å². The van der Waals surface area contributed by atoms with Gasteiger partial charge in [-0.25, -0.2) is 0 Å². The number of hydrogen-bond acceptors (Lipinski definition) is 8. The van der Waals surface area contributed by atoms with Gasteiger partial charge in [-0.1, -0.05) is 83.2 Å². The number of aliphatic hydroxyl groups excluding tert-OH is 4. The van der Waals surface area contributed by atoms with Crippen molar-refractivity contribution in [1.29, 1.82) is 0 Å². The minimum absolute atomic E-state index is 0.0556. The molecule has 6 N–H and O–H groups in total. The second-order valence-corrected chi connectivity index (χ2v) is 9.42. The van der Waals surface area contributed by atoms with E-state index < -0.39 is 6.04 Å². The molecule has 0 aromatic rings. The third kappa shape index (κ3) is 29.3. The van der Waals surface area contributed by atoms with Crippen LogP contribution in [0.15, 0.2) is 5.11 Å². The highest BCUT2D eigenvalue weighted by Gasteiger charge is 2.07. The molecule has 0 saturated heterocycles. The molecule has 0 bridgehead atoms. The van der Waals surface area contributed by atoms with Crippen molar-refractivity contribution in [3.63, 3.8) is 0 Å². The molecule has 10 nitrogen and oxygen atoms in total. The third-order valence-electron chi connectivity index (χ3n) is 5.77. The molecule has 0 aromatic carbocycles. The molecule has 0 saturated carbocycles. The summed E-state index contributed by atoms with van der Waals surface area (Å²) >= 11 is 0. The second-order valence-electron chi connectivity index (χ2n) is 9.42. The number of rotatable bonds is 25. The molecule has 36 heavy (non-hydrogen) atoms. The van der Waals surface area contributed by atoms with Crippen LogP contribution in [0.2, 0.25) is 0 Å². The van der Waals surface area contributed by atoms with Gasteiger partial charge >= 0.3 is 0 Å². The van der Waals surface area contributed by atoms with Crippen molar-refractivity contribution in [2.45, 2.75) is 128 Å². The largest absolute Gasteiger partial charge is 0.396 e. The molecular formula is C26H56N4O6. The van der Waals surface area contributed by atoms with Gasteiger partial charge in [-0.2, -0.15) is 0 Å². The Balaban J connectivity index is 0. The molecule has 0 fully saturated rings. The third-order valence-corrected chi connectivity index (χ3v) is 5.77. The molecule has 0 heterocycles. The van der Waals surface area contributed by atoms with Gasteiger partial charge in [0.05, 0.1) is 50.7 Å². The van der Waals surface area contributed by atoms with Crippen molar-refractivity contribution in [3.8, 4) is 0 Å². The summed E-state index contributed by atoms with van der Waals surface area (Å²) in [6.45, 7) is 5.61. The zero-order valence-electron chi connectivity index (χ0n) is 23.0. The first-order valence-electron chi connectivity index (χ1n) is 14.0. The fraction of sp³-hybridized carbons (Fsp3) is 1.00. The molecule has 0 spiro atoms. The van der Waals surface area contributed by atoms with Gasteiger partial charge in [-0.15, -0.1) is 0 Å². The van der Waals surface area contributed by atoms with Gasteiger partial charge in [0.1, 0.15) is 0 Å². The summed E-state index contributed by atoms with van der Waals surface area (Å²) in [6.07, 6.45) is 14.4. The summed E-state index contributed by atoms with van der Waals surface area (Å²) < 4.78 is 10.5. The molecule has 4 atom stereocenters. The smallest absolute Gasteiger partial charge is 0.0838 e. The Morgan fingerprint density at radius 2 is 1.19 bits per heavy atom. The first-order valence-corrected chi connectivity index (χ1v) is 14.0. The van der Waals surface area contributed by atoms with E-state index in [0.717, 1.165) is 25.7 Å². The predicted molar refractivity (Wildman–Crippen MR) is 145 cm³/mol. The van der Waals surface area contributed by atoms with Crippen molar-refractivity contribution in [2.24, 2.45) is 10.8 Å².